The quantitative estimate of drug-likeness (QED) is 0.383. The fourth-order valence-electron chi connectivity index (χ4n) is 5.04. The van der Waals surface area contributed by atoms with E-state index in [9.17, 15) is 0 Å². The first-order valence-corrected chi connectivity index (χ1v) is 12.0. The van der Waals surface area contributed by atoms with Crippen LogP contribution in [0.3, 0.4) is 0 Å². The molecule has 172 valence electrons. The van der Waals surface area contributed by atoms with Crippen molar-refractivity contribution in [1.82, 2.24) is 30.0 Å². The van der Waals surface area contributed by atoms with E-state index in [4.69, 9.17) is 0 Å². The molecule has 0 bridgehead atoms. The zero-order chi connectivity index (χ0) is 23.1. The smallest absolute Gasteiger partial charge is 0.116 e. The highest BCUT2D eigenvalue weighted by atomic mass is 15.1. The van der Waals surface area contributed by atoms with Gasteiger partial charge >= 0.3 is 0 Å². The summed E-state index contributed by atoms with van der Waals surface area (Å²) in [6.45, 7) is 3.09. The lowest BCUT2D eigenvalue weighted by Gasteiger charge is -2.29. The van der Waals surface area contributed by atoms with Gasteiger partial charge in [0.15, 0.2) is 0 Å². The van der Waals surface area contributed by atoms with E-state index in [1.54, 1.807) is 0 Å². The van der Waals surface area contributed by atoms with Gasteiger partial charge in [0.05, 0.1) is 23.1 Å². The van der Waals surface area contributed by atoms with Crippen LogP contribution in [0, 0.1) is 0 Å². The van der Waals surface area contributed by atoms with Crippen molar-refractivity contribution in [2.75, 3.05) is 32.1 Å². The number of hydrogen-bond donors (Lipinski definition) is 2. The maximum atomic E-state index is 4.68. The van der Waals surface area contributed by atoms with Gasteiger partial charge in [-0.1, -0.05) is 6.07 Å². The van der Waals surface area contributed by atoms with Crippen LogP contribution in [-0.2, 0) is 6.54 Å². The first kappa shape index (κ1) is 20.9. The lowest BCUT2D eigenvalue weighted by molar-refractivity contribution is 0.402. The Bertz CT molecular complexity index is 1460. The Kier molecular flexibility index (Phi) is 5.26. The van der Waals surface area contributed by atoms with Crippen LogP contribution in [0.15, 0.2) is 55.0 Å². The number of aromatic amines is 2. The van der Waals surface area contributed by atoms with E-state index in [2.05, 4.69) is 85.4 Å². The number of H-pyrrole nitrogens is 2. The Morgan fingerprint density at radius 2 is 1.82 bits per heavy atom. The Morgan fingerprint density at radius 3 is 2.68 bits per heavy atom. The van der Waals surface area contributed by atoms with Crippen LogP contribution < -0.4 is 4.90 Å². The molecular weight excluding hydrogens is 422 g/mol. The predicted molar refractivity (Wildman–Crippen MR) is 138 cm³/mol. The number of nitrogens with zero attached hydrogens (tertiary/aromatic N) is 5. The summed E-state index contributed by atoms with van der Waals surface area (Å²) in [5.41, 5.74) is 8.38. The maximum absolute atomic E-state index is 4.68. The van der Waals surface area contributed by atoms with Crippen molar-refractivity contribution in [3.05, 3.63) is 60.6 Å². The molecule has 0 amide bonds. The van der Waals surface area contributed by atoms with Gasteiger partial charge in [0.2, 0.25) is 0 Å². The normalized spacial score (nSPS) is 14.5. The third-order valence-corrected chi connectivity index (χ3v) is 6.63. The van der Waals surface area contributed by atoms with Gasteiger partial charge in [0.1, 0.15) is 5.69 Å². The number of aromatic nitrogens is 5. The van der Waals surface area contributed by atoms with Gasteiger partial charge in [-0.15, -0.1) is 0 Å². The summed E-state index contributed by atoms with van der Waals surface area (Å²) < 4.78 is 0. The standard InChI is InChI=1S/C27H29N7/c1-33(2)17-18-11-19(15-28-14-18)23-13-21-25(16-29-23)31-32-27(21)24-12-20-22(30-24)7-6-8-26(20)34-9-4-3-5-10-34/h6-8,11-16,30H,3-5,9-10,17H2,1-2H3,(H,31,32). The third kappa shape index (κ3) is 3.82. The summed E-state index contributed by atoms with van der Waals surface area (Å²) in [5.74, 6) is 0. The lowest BCUT2D eigenvalue weighted by Crippen LogP contribution is -2.29. The molecule has 7 heteroatoms. The number of benzene rings is 1. The molecule has 1 fully saturated rings. The average Bonchev–Trinajstić information content (AvgIpc) is 3.48. The lowest BCUT2D eigenvalue weighted by atomic mass is 10.1. The molecule has 6 rings (SSSR count). The molecule has 1 aromatic carbocycles. The molecule has 0 atom stereocenters. The van der Waals surface area contributed by atoms with E-state index in [1.807, 2.05) is 18.6 Å². The molecule has 0 saturated carbocycles. The molecule has 5 aromatic rings. The molecular formula is C27H29N7. The van der Waals surface area contributed by atoms with E-state index in [-0.39, 0.29) is 0 Å². The predicted octanol–water partition coefficient (Wildman–Crippen LogP) is 5.22. The largest absolute Gasteiger partial charge is 0.371 e. The first-order chi connectivity index (χ1) is 16.7. The van der Waals surface area contributed by atoms with E-state index in [0.717, 1.165) is 64.3 Å². The maximum Gasteiger partial charge on any atom is 0.116 e. The first-order valence-electron chi connectivity index (χ1n) is 12.0. The van der Waals surface area contributed by atoms with Crippen molar-refractivity contribution >= 4 is 27.5 Å². The monoisotopic (exact) mass is 451 g/mol. The summed E-state index contributed by atoms with van der Waals surface area (Å²) in [5, 5.41) is 10.1. The zero-order valence-electron chi connectivity index (χ0n) is 19.7. The molecule has 34 heavy (non-hydrogen) atoms. The van der Waals surface area contributed by atoms with Crippen LogP contribution in [0.5, 0.6) is 0 Å². The Hall–Kier alpha value is -3.71. The number of anilines is 1. The summed E-state index contributed by atoms with van der Waals surface area (Å²) in [6, 6.07) is 13.1. The summed E-state index contributed by atoms with van der Waals surface area (Å²) in [6.07, 6.45) is 9.50. The highest BCUT2D eigenvalue weighted by Crippen LogP contribution is 2.35. The number of piperidine rings is 1. The van der Waals surface area contributed by atoms with Crippen LogP contribution in [0.1, 0.15) is 24.8 Å². The van der Waals surface area contributed by atoms with E-state index in [1.165, 1.54) is 30.3 Å². The number of fused-ring (bicyclic) bond motifs is 2. The summed E-state index contributed by atoms with van der Waals surface area (Å²) >= 11 is 0. The van der Waals surface area contributed by atoms with Crippen LogP contribution >= 0.6 is 0 Å². The minimum absolute atomic E-state index is 0.842. The van der Waals surface area contributed by atoms with Gasteiger partial charge in [0.25, 0.3) is 0 Å². The Morgan fingerprint density at radius 1 is 0.941 bits per heavy atom. The van der Waals surface area contributed by atoms with Gasteiger partial charge in [-0.05, 0) is 69.3 Å². The second-order valence-electron chi connectivity index (χ2n) is 9.48. The van der Waals surface area contributed by atoms with Crippen LogP contribution in [-0.4, -0.2) is 57.2 Å². The molecule has 0 radical (unpaired) electrons. The number of hydrogen-bond acceptors (Lipinski definition) is 5. The van der Waals surface area contributed by atoms with Gasteiger partial charge in [-0.2, -0.15) is 5.10 Å². The van der Waals surface area contributed by atoms with Gasteiger partial charge in [-0.3, -0.25) is 15.1 Å². The van der Waals surface area contributed by atoms with E-state index in [0.29, 0.717) is 0 Å². The minimum Gasteiger partial charge on any atom is -0.371 e. The van der Waals surface area contributed by atoms with E-state index < -0.39 is 0 Å². The molecule has 1 aliphatic heterocycles. The van der Waals surface area contributed by atoms with Crippen molar-refractivity contribution in [1.29, 1.82) is 0 Å². The summed E-state index contributed by atoms with van der Waals surface area (Å²) in [7, 11) is 4.12. The fourth-order valence-corrected chi connectivity index (χ4v) is 5.04. The van der Waals surface area contributed by atoms with Crippen molar-refractivity contribution in [2.45, 2.75) is 25.8 Å². The molecule has 1 saturated heterocycles. The van der Waals surface area contributed by atoms with Gasteiger partial charge < -0.3 is 14.8 Å². The van der Waals surface area contributed by atoms with Gasteiger partial charge in [-0.25, -0.2) is 0 Å². The number of nitrogens with one attached hydrogen (secondary N) is 2. The van der Waals surface area contributed by atoms with Crippen LogP contribution in [0.2, 0.25) is 0 Å². The Balaban J connectivity index is 1.41. The molecule has 0 spiro atoms. The Labute approximate surface area is 198 Å². The van der Waals surface area contributed by atoms with Crippen molar-refractivity contribution in [3.63, 3.8) is 0 Å². The molecule has 7 nitrogen and oxygen atoms in total. The molecule has 4 aromatic heterocycles. The van der Waals surface area contributed by atoms with Crippen molar-refractivity contribution in [2.24, 2.45) is 0 Å². The highest BCUT2D eigenvalue weighted by Gasteiger charge is 2.17. The topological polar surface area (TPSA) is 76.7 Å². The average molecular weight is 452 g/mol. The van der Waals surface area contributed by atoms with Crippen molar-refractivity contribution < 1.29 is 0 Å². The zero-order valence-corrected chi connectivity index (χ0v) is 19.7. The molecule has 5 heterocycles. The van der Waals surface area contributed by atoms with Crippen LogP contribution in [0.4, 0.5) is 5.69 Å². The number of rotatable bonds is 5. The fraction of sp³-hybridized carbons (Fsp3) is 0.296. The molecule has 0 aliphatic carbocycles. The second-order valence-corrected chi connectivity index (χ2v) is 9.48. The second kappa shape index (κ2) is 8.57. The minimum atomic E-state index is 0.842. The van der Waals surface area contributed by atoms with E-state index >= 15 is 0 Å². The van der Waals surface area contributed by atoms with Crippen molar-refractivity contribution in [3.8, 4) is 22.6 Å². The highest BCUT2D eigenvalue weighted by molar-refractivity contribution is 6.00. The number of pyridine rings is 2. The van der Waals surface area contributed by atoms with Gasteiger partial charge in [0, 0.05) is 59.6 Å². The third-order valence-electron chi connectivity index (χ3n) is 6.63. The molecule has 2 N–H and O–H groups in total. The van der Waals surface area contributed by atoms with Crippen LogP contribution in [0.25, 0.3) is 44.5 Å². The SMILES string of the molecule is CN(C)Cc1cncc(-c2cc3c(-c4cc5c(N6CCCCC6)cccc5[nH]4)n[nH]c3cn2)c1. The molecule has 0 unspecified atom stereocenters. The molecule has 1 aliphatic rings. The summed E-state index contributed by atoms with van der Waals surface area (Å²) in [4.78, 5) is 17.4.